The summed E-state index contributed by atoms with van der Waals surface area (Å²) in [6, 6.07) is 40.7. The van der Waals surface area contributed by atoms with Crippen LogP contribution in [0.2, 0.25) is 0 Å². The molecule has 0 fully saturated rings. The predicted molar refractivity (Wildman–Crippen MR) is 127 cm³/mol. The van der Waals surface area contributed by atoms with Gasteiger partial charge in [0.05, 0.1) is 0 Å². The molecule has 159 valence electrons. The van der Waals surface area contributed by atoms with Gasteiger partial charge in [-0.1, -0.05) is 67.1 Å². The van der Waals surface area contributed by atoms with Crippen LogP contribution >= 0.6 is 0 Å². The predicted octanol–water partition coefficient (Wildman–Crippen LogP) is 7.07. The molecule has 5 aromatic rings. The number of nitrogens with zero attached hydrogens (tertiary/aromatic N) is 2. The molecule has 5 rings (SSSR count). The third-order valence-electron chi connectivity index (χ3n) is 4.83. The number of hydrogen-bond donors (Lipinski definition) is 0. The summed E-state index contributed by atoms with van der Waals surface area (Å²) in [5.41, 5.74) is 7.69. The Labute approximate surface area is 203 Å². The first-order valence-corrected chi connectivity index (χ1v) is 10.2. The number of hydrogen-bond acceptors (Lipinski definition) is 2. The van der Waals surface area contributed by atoms with E-state index in [1.165, 1.54) is 16.7 Å². The van der Waals surface area contributed by atoms with E-state index in [0.29, 0.717) is 0 Å². The molecule has 32 heavy (non-hydrogen) atoms. The van der Waals surface area contributed by atoms with Gasteiger partial charge in [0.25, 0.3) is 0 Å². The smallest absolute Gasteiger partial charge is 0.0160 e. The van der Waals surface area contributed by atoms with E-state index in [9.17, 15) is 0 Å². The molecule has 3 aromatic carbocycles. The van der Waals surface area contributed by atoms with Crippen molar-refractivity contribution in [1.82, 2.24) is 9.97 Å². The molecule has 0 N–H and O–H groups in total. The van der Waals surface area contributed by atoms with E-state index in [-0.39, 0.29) is 20.1 Å². The second-order valence-corrected chi connectivity index (χ2v) is 7.02. The molecular weight excluding hydrogens is 569 g/mol. The van der Waals surface area contributed by atoms with E-state index >= 15 is 0 Å². The molecule has 2 heterocycles. The normalized spacial score (nSPS) is 9.78. The summed E-state index contributed by atoms with van der Waals surface area (Å²) in [5.74, 6) is 0. The van der Waals surface area contributed by atoms with Crippen molar-refractivity contribution in [1.29, 1.82) is 0 Å². The van der Waals surface area contributed by atoms with Crippen LogP contribution in [0.1, 0.15) is 5.56 Å². The molecule has 2 nitrogen and oxygen atoms in total. The summed E-state index contributed by atoms with van der Waals surface area (Å²) in [6.45, 7) is 2.11. The zero-order valence-electron chi connectivity index (χ0n) is 17.7. The van der Waals surface area contributed by atoms with Gasteiger partial charge in [-0.2, -0.15) is 0 Å². The summed E-state index contributed by atoms with van der Waals surface area (Å²) >= 11 is 0. The van der Waals surface area contributed by atoms with Crippen molar-refractivity contribution in [2.75, 3.05) is 0 Å². The standard InChI is InChI=1S/C18H14N.C11H8N.Ir/c1-14-10-11-16(18-9-5-6-12-19-18)13-17(14)15-7-3-2-4-8-15;1-2-6-10(7-3-1)11-8-4-5-9-12-11;/h2-10,12-13H,1H3;1-6,8-9H;/q2*-1;. The monoisotopic (exact) mass is 591 g/mol. The first-order valence-electron chi connectivity index (χ1n) is 10.2. The van der Waals surface area contributed by atoms with Crippen LogP contribution in [-0.4, -0.2) is 9.97 Å². The zero-order chi connectivity index (χ0) is 21.3. The maximum atomic E-state index is 4.38. The zero-order valence-corrected chi connectivity index (χ0v) is 20.1. The van der Waals surface area contributed by atoms with Gasteiger partial charge in [0.15, 0.2) is 0 Å². The molecule has 2 aromatic heterocycles. The molecular formula is C29H22IrN2-2. The van der Waals surface area contributed by atoms with Gasteiger partial charge < -0.3 is 9.97 Å². The SMILES string of the molecule is Cc1c[c-]c(-c2ccccn2)cc1-c1ccccc1.[Ir].[c-]1ccccc1-c1ccccn1. The molecule has 0 bridgehead atoms. The van der Waals surface area contributed by atoms with E-state index in [1.54, 1.807) is 6.20 Å². The fraction of sp³-hybridized carbons (Fsp3) is 0.0345. The molecule has 0 aliphatic carbocycles. The van der Waals surface area contributed by atoms with E-state index in [2.05, 4.69) is 59.4 Å². The molecule has 0 saturated heterocycles. The Morgan fingerprint density at radius 1 is 0.625 bits per heavy atom. The number of aryl methyl sites for hydroxylation is 1. The van der Waals surface area contributed by atoms with Crippen molar-refractivity contribution in [2.45, 2.75) is 6.92 Å². The molecule has 0 aliphatic heterocycles. The average Bonchev–Trinajstić information content (AvgIpc) is 2.87. The van der Waals surface area contributed by atoms with Crippen LogP contribution in [0.4, 0.5) is 0 Å². The second kappa shape index (κ2) is 11.9. The van der Waals surface area contributed by atoms with Crippen LogP contribution in [0.3, 0.4) is 0 Å². The molecule has 0 aliphatic rings. The fourth-order valence-corrected chi connectivity index (χ4v) is 3.24. The summed E-state index contributed by atoms with van der Waals surface area (Å²) < 4.78 is 0. The Morgan fingerprint density at radius 2 is 1.25 bits per heavy atom. The quantitative estimate of drug-likeness (QED) is 0.210. The molecule has 0 amide bonds. The topological polar surface area (TPSA) is 25.8 Å². The molecule has 0 saturated carbocycles. The molecule has 0 atom stereocenters. The van der Waals surface area contributed by atoms with Gasteiger partial charge in [0, 0.05) is 32.5 Å². The van der Waals surface area contributed by atoms with Crippen molar-refractivity contribution >= 4 is 0 Å². The largest absolute Gasteiger partial charge is 0.305 e. The molecule has 1 radical (unpaired) electrons. The summed E-state index contributed by atoms with van der Waals surface area (Å²) in [4.78, 5) is 8.60. The number of rotatable bonds is 3. The van der Waals surface area contributed by atoms with Crippen LogP contribution in [0.15, 0.2) is 116 Å². The molecule has 0 unspecified atom stereocenters. The summed E-state index contributed by atoms with van der Waals surface area (Å²) in [6.07, 6.45) is 3.60. The van der Waals surface area contributed by atoms with Crippen molar-refractivity contribution in [3.8, 4) is 33.6 Å². The Morgan fingerprint density at radius 3 is 1.84 bits per heavy atom. The van der Waals surface area contributed by atoms with Gasteiger partial charge in [-0.3, -0.25) is 0 Å². The Hall–Kier alpha value is -3.39. The number of aromatic nitrogens is 2. The second-order valence-electron chi connectivity index (χ2n) is 7.02. The maximum absolute atomic E-state index is 4.38. The Balaban J connectivity index is 0.000000193. The minimum atomic E-state index is 0. The van der Waals surface area contributed by atoms with Crippen LogP contribution in [0, 0.1) is 19.1 Å². The third-order valence-corrected chi connectivity index (χ3v) is 4.83. The maximum Gasteiger partial charge on any atom is 0.0160 e. The Bertz CT molecular complexity index is 1170. The van der Waals surface area contributed by atoms with E-state index < -0.39 is 0 Å². The van der Waals surface area contributed by atoms with Crippen molar-refractivity contribution in [3.05, 3.63) is 133 Å². The van der Waals surface area contributed by atoms with Crippen LogP contribution in [-0.2, 0) is 20.1 Å². The average molecular weight is 591 g/mol. The van der Waals surface area contributed by atoms with Crippen LogP contribution in [0.25, 0.3) is 33.6 Å². The minimum absolute atomic E-state index is 0. The first kappa shape index (κ1) is 23.3. The fourth-order valence-electron chi connectivity index (χ4n) is 3.24. The van der Waals surface area contributed by atoms with Gasteiger partial charge in [0.1, 0.15) is 0 Å². The van der Waals surface area contributed by atoms with E-state index in [1.807, 2.05) is 79.0 Å². The Kier molecular flexibility index (Phi) is 8.62. The third kappa shape index (κ3) is 6.07. The molecule has 0 spiro atoms. The first-order chi connectivity index (χ1) is 15.3. The number of pyridine rings is 2. The van der Waals surface area contributed by atoms with E-state index in [4.69, 9.17) is 0 Å². The van der Waals surface area contributed by atoms with Crippen molar-refractivity contribution in [3.63, 3.8) is 0 Å². The van der Waals surface area contributed by atoms with Gasteiger partial charge >= 0.3 is 0 Å². The summed E-state index contributed by atoms with van der Waals surface area (Å²) in [7, 11) is 0. The van der Waals surface area contributed by atoms with Crippen LogP contribution < -0.4 is 0 Å². The van der Waals surface area contributed by atoms with Gasteiger partial charge in [-0.15, -0.1) is 65.2 Å². The van der Waals surface area contributed by atoms with E-state index in [0.717, 1.165) is 22.5 Å². The minimum Gasteiger partial charge on any atom is -0.305 e. The molecule has 3 heteroatoms. The van der Waals surface area contributed by atoms with Gasteiger partial charge in [-0.25, -0.2) is 0 Å². The van der Waals surface area contributed by atoms with Gasteiger partial charge in [0.2, 0.25) is 0 Å². The number of benzene rings is 3. The van der Waals surface area contributed by atoms with Gasteiger partial charge in [-0.05, 0) is 29.1 Å². The van der Waals surface area contributed by atoms with Crippen molar-refractivity contribution in [2.24, 2.45) is 0 Å². The van der Waals surface area contributed by atoms with Crippen molar-refractivity contribution < 1.29 is 20.1 Å². The van der Waals surface area contributed by atoms with Crippen LogP contribution in [0.5, 0.6) is 0 Å². The summed E-state index contributed by atoms with van der Waals surface area (Å²) in [5, 5.41) is 0.